The minimum atomic E-state index is -0.0440. The highest BCUT2D eigenvalue weighted by atomic mass is 35.5. The van der Waals surface area contributed by atoms with E-state index in [4.69, 9.17) is 16.3 Å². The number of benzene rings is 2. The van der Waals surface area contributed by atoms with Crippen LogP contribution in [0.1, 0.15) is 25.5 Å². The summed E-state index contributed by atoms with van der Waals surface area (Å²) >= 11 is 6.09. The van der Waals surface area contributed by atoms with E-state index in [1.807, 2.05) is 19.1 Å². The van der Waals surface area contributed by atoms with Crippen molar-refractivity contribution < 1.29 is 9.53 Å². The van der Waals surface area contributed by atoms with Crippen LogP contribution < -0.4 is 0 Å². The lowest BCUT2D eigenvalue weighted by atomic mass is 9.97. The standard InChI is InChI=1S/C23H25ClN2O2/c1-2-28-23(27)17-11-13-25(14-12-17)16-21-15-18-5-3-4-6-22(18)26(21)20-9-7-19(24)8-10-20/h3-10,15,17H,2,11-14,16H2,1H3. The summed E-state index contributed by atoms with van der Waals surface area (Å²) in [5.41, 5.74) is 3.56. The van der Waals surface area contributed by atoms with Crippen molar-refractivity contribution in [3.05, 3.63) is 65.3 Å². The molecule has 0 saturated carbocycles. The predicted molar refractivity (Wildman–Crippen MR) is 113 cm³/mol. The lowest BCUT2D eigenvalue weighted by Crippen LogP contribution is -2.36. The first-order valence-corrected chi connectivity index (χ1v) is 10.3. The third kappa shape index (κ3) is 3.94. The molecule has 28 heavy (non-hydrogen) atoms. The van der Waals surface area contributed by atoms with Crippen molar-refractivity contribution in [1.82, 2.24) is 9.47 Å². The van der Waals surface area contributed by atoms with Gasteiger partial charge in [0.2, 0.25) is 0 Å². The number of carbonyl (C=O) groups is 1. The number of hydrogen-bond acceptors (Lipinski definition) is 3. The van der Waals surface area contributed by atoms with Gasteiger partial charge in [0.25, 0.3) is 0 Å². The lowest BCUT2D eigenvalue weighted by Gasteiger charge is -2.31. The summed E-state index contributed by atoms with van der Waals surface area (Å²) in [4.78, 5) is 14.4. The fourth-order valence-corrected chi connectivity index (χ4v) is 4.17. The van der Waals surface area contributed by atoms with Gasteiger partial charge in [-0.25, -0.2) is 0 Å². The molecule has 3 aromatic rings. The first-order chi connectivity index (χ1) is 13.7. The van der Waals surface area contributed by atoms with Gasteiger partial charge in [-0.05, 0) is 69.3 Å². The van der Waals surface area contributed by atoms with Crippen molar-refractivity contribution in [1.29, 1.82) is 0 Å². The van der Waals surface area contributed by atoms with E-state index in [-0.39, 0.29) is 11.9 Å². The maximum atomic E-state index is 12.0. The number of aromatic nitrogens is 1. The first-order valence-electron chi connectivity index (χ1n) is 9.90. The summed E-state index contributed by atoms with van der Waals surface area (Å²) in [5.74, 6) is -0.00393. The molecule has 146 valence electrons. The fraction of sp³-hybridized carbons (Fsp3) is 0.348. The Morgan fingerprint density at radius 3 is 2.54 bits per heavy atom. The molecule has 1 aromatic heterocycles. The lowest BCUT2D eigenvalue weighted by molar-refractivity contribution is -0.149. The Morgan fingerprint density at radius 1 is 1.11 bits per heavy atom. The fourth-order valence-electron chi connectivity index (χ4n) is 4.04. The van der Waals surface area contributed by atoms with Gasteiger partial charge >= 0.3 is 5.97 Å². The molecular formula is C23H25ClN2O2. The largest absolute Gasteiger partial charge is 0.466 e. The highest BCUT2D eigenvalue weighted by Gasteiger charge is 2.26. The SMILES string of the molecule is CCOC(=O)C1CCN(Cc2cc3ccccc3n2-c2ccc(Cl)cc2)CC1. The van der Waals surface area contributed by atoms with Crippen LogP contribution in [-0.2, 0) is 16.1 Å². The maximum absolute atomic E-state index is 12.0. The molecule has 0 bridgehead atoms. The molecule has 0 radical (unpaired) electrons. The second-order valence-corrected chi connectivity index (χ2v) is 7.75. The van der Waals surface area contributed by atoms with Crippen molar-refractivity contribution in [3.8, 4) is 5.69 Å². The van der Waals surface area contributed by atoms with Gasteiger partial charge in [0.15, 0.2) is 0 Å². The molecule has 0 amide bonds. The smallest absolute Gasteiger partial charge is 0.309 e. The third-order valence-electron chi connectivity index (χ3n) is 5.46. The van der Waals surface area contributed by atoms with E-state index in [9.17, 15) is 4.79 Å². The number of halogens is 1. The minimum Gasteiger partial charge on any atom is -0.466 e. The Labute approximate surface area is 170 Å². The molecular weight excluding hydrogens is 372 g/mol. The Kier molecular flexibility index (Phi) is 5.69. The van der Waals surface area contributed by atoms with E-state index in [2.05, 4.69) is 51.9 Å². The zero-order valence-corrected chi connectivity index (χ0v) is 16.9. The van der Waals surface area contributed by atoms with Gasteiger partial charge in [-0.15, -0.1) is 0 Å². The number of piperidine rings is 1. The molecule has 0 atom stereocenters. The molecule has 2 heterocycles. The van der Waals surface area contributed by atoms with Crippen LogP contribution in [0.3, 0.4) is 0 Å². The third-order valence-corrected chi connectivity index (χ3v) is 5.72. The summed E-state index contributed by atoms with van der Waals surface area (Å²) in [5, 5.41) is 1.97. The number of ether oxygens (including phenoxy) is 1. The quantitative estimate of drug-likeness (QED) is 0.565. The molecule has 0 aliphatic carbocycles. The average Bonchev–Trinajstić information content (AvgIpc) is 3.07. The number of nitrogens with zero attached hydrogens (tertiary/aromatic N) is 2. The molecule has 0 unspecified atom stereocenters. The van der Waals surface area contributed by atoms with Gasteiger partial charge in [0.05, 0.1) is 18.0 Å². The van der Waals surface area contributed by atoms with Crippen LogP contribution in [-0.4, -0.2) is 35.1 Å². The van der Waals surface area contributed by atoms with Gasteiger partial charge in [-0.2, -0.15) is 0 Å². The number of hydrogen-bond donors (Lipinski definition) is 0. The molecule has 4 rings (SSSR count). The number of fused-ring (bicyclic) bond motifs is 1. The summed E-state index contributed by atoms with van der Waals surface area (Å²) < 4.78 is 7.50. The van der Waals surface area contributed by atoms with Crippen molar-refractivity contribution in [2.24, 2.45) is 5.92 Å². The average molecular weight is 397 g/mol. The monoisotopic (exact) mass is 396 g/mol. The normalized spacial score (nSPS) is 15.8. The minimum absolute atomic E-state index is 0.0401. The summed E-state index contributed by atoms with van der Waals surface area (Å²) in [6.07, 6.45) is 1.72. The van der Waals surface area contributed by atoms with Crippen LogP contribution in [0.4, 0.5) is 0 Å². The molecule has 1 aliphatic rings. The molecule has 4 nitrogen and oxygen atoms in total. The van der Waals surface area contributed by atoms with Crippen molar-refractivity contribution in [2.75, 3.05) is 19.7 Å². The van der Waals surface area contributed by atoms with Gasteiger partial charge in [-0.3, -0.25) is 9.69 Å². The number of rotatable bonds is 5. The second kappa shape index (κ2) is 8.38. The van der Waals surface area contributed by atoms with E-state index >= 15 is 0 Å². The molecule has 0 N–H and O–H groups in total. The van der Waals surface area contributed by atoms with Crippen LogP contribution in [0.15, 0.2) is 54.6 Å². The van der Waals surface area contributed by atoms with E-state index in [1.54, 1.807) is 0 Å². The summed E-state index contributed by atoms with van der Waals surface area (Å²) in [7, 11) is 0. The molecule has 0 spiro atoms. The maximum Gasteiger partial charge on any atom is 0.309 e. The molecule has 2 aromatic carbocycles. The van der Waals surface area contributed by atoms with E-state index in [0.717, 1.165) is 43.2 Å². The van der Waals surface area contributed by atoms with E-state index in [1.165, 1.54) is 16.6 Å². The highest BCUT2D eigenvalue weighted by molar-refractivity contribution is 6.30. The zero-order chi connectivity index (χ0) is 19.5. The van der Waals surface area contributed by atoms with Gasteiger partial charge in [-0.1, -0.05) is 29.8 Å². The predicted octanol–water partition coefficient (Wildman–Crippen LogP) is 5.06. The zero-order valence-electron chi connectivity index (χ0n) is 16.1. The Bertz CT molecular complexity index is 956. The number of carbonyl (C=O) groups excluding carboxylic acids is 1. The van der Waals surface area contributed by atoms with Gasteiger partial charge in [0.1, 0.15) is 0 Å². The van der Waals surface area contributed by atoms with Crippen LogP contribution >= 0.6 is 11.6 Å². The number of esters is 1. The highest BCUT2D eigenvalue weighted by Crippen LogP contribution is 2.28. The van der Waals surface area contributed by atoms with Crippen LogP contribution in [0.5, 0.6) is 0 Å². The summed E-state index contributed by atoms with van der Waals surface area (Å²) in [6.45, 7) is 4.99. The van der Waals surface area contributed by atoms with E-state index < -0.39 is 0 Å². The van der Waals surface area contributed by atoms with Crippen LogP contribution in [0, 0.1) is 5.92 Å². The van der Waals surface area contributed by atoms with Crippen LogP contribution in [0.2, 0.25) is 5.02 Å². The Hall–Kier alpha value is -2.30. The number of para-hydroxylation sites is 1. The second-order valence-electron chi connectivity index (χ2n) is 7.31. The Balaban J connectivity index is 1.57. The van der Waals surface area contributed by atoms with Crippen molar-refractivity contribution >= 4 is 28.5 Å². The van der Waals surface area contributed by atoms with Crippen molar-refractivity contribution in [2.45, 2.75) is 26.3 Å². The van der Waals surface area contributed by atoms with Gasteiger partial charge < -0.3 is 9.30 Å². The molecule has 1 aliphatic heterocycles. The van der Waals surface area contributed by atoms with Gasteiger partial charge in [0, 0.05) is 28.3 Å². The first kappa shape index (κ1) is 19.0. The Morgan fingerprint density at radius 2 is 1.82 bits per heavy atom. The topological polar surface area (TPSA) is 34.5 Å². The summed E-state index contributed by atoms with van der Waals surface area (Å²) in [6, 6.07) is 18.7. The van der Waals surface area contributed by atoms with E-state index in [0.29, 0.717) is 6.61 Å². The molecule has 1 saturated heterocycles. The van der Waals surface area contributed by atoms with Crippen molar-refractivity contribution in [3.63, 3.8) is 0 Å². The molecule has 1 fully saturated rings. The molecule has 5 heteroatoms. The van der Waals surface area contributed by atoms with Crippen LogP contribution in [0.25, 0.3) is 16.6 Å². The number of likely N-dealkylation sites (tertiary alicyclic amines) is 1.